The van der Waals surface area contributed by atoms with Crippen LogP contribution in [-0.2, 0) is 16.4 Å². The topological polar surface area (TPSA) is 113 Å². The molecule has 158 valence electrons. The summed E-state index contributed by atoms with van der Waals surface area (Å²) in [5.74, 6) is 1.69. The zero-order valence-electron chi connectivity index (χ0n) is 16.7. The molecule has 1 aliphatic rings. The molecule has 8 nitrogen and oxygen atoms in total. The van der Waals surface area contributed by atoms with E-state index in [0.717, 1.165) is 36.8 Å². The van der Waals surface area contributed by atoms with Crippen LogP contribution in [0, 0.1) is 0 Å². The van der Waals surface area contributed by atoms with Crippen molar-refractivity contribution in [2.24, 2.45) is 10.1 Å². The summed E-state index contributed by atoms with van der Waals surface area (Å²) in [5.41, 5.74) is 1.02. The Bertz CT molecular complexity index is 889. The summed E-state index contributed by atoms with van der Waals surface area (Å²) < 4.78 is 28.3. The monoisotopic (exact) mass is 419 g/mol. The van der Waals surface area contributed by atoms with Gasteiger partial charge in [0.05, 0.1) is 17.2 Å². The second kappa shape index (κ2) is 9.91. The largest absolute Gasteiger partial charge is 0.468 e. The quantitative estimate of drug-likeness (QED) is 0.441. The van der Waals surface area contributed by atoms with Crippen molar-refractivity contribution in [3.8, 4) is 0 Å². The van der Waals surface area contributed by atoms with Crippen LogP contribution in [0.3, 0.4) is 0 Å². The van der Waals surface area contributed by atoms with Crippen LogP contribution in [0.5, 0.6) is 0 Å². The van der Waals surface area contributed by atoms with Gasteiger partial charge in [0, 0.05) is 20.1 Å². The molecule has 1 aliphatic heterocycles. The molecule has 29 heavy (non-hydrogen) atoms. The zero-order chi connectivity index (χ0) is 20.7. The van der Waals surface area contributed by atoms with Crippen LogP contribution >= 0.6 is 0 Å². The highest BCUT2D eigenvalue weighted by molar-refractivity contribution is 7.89. The molecule has 0 amide bonds. The van der Waals surface area contributed by atoms with E-state index < -0.39 is 10.0 Å². The average Bonchev–Trinajstić information content (AvgIpc) is 3.41. The molecule has 2 heterocycles. The van der Waals surface area contributed by atoms with Crippen LogP contribution < -0.4 is 15.8 Å². The van der Waals surface area contributed by atoms with E-state index in [4.69, 9.17) is 9.56 Å². The van der Waals surface area contributed by atoms with Crippen LogP contribution in [0.4, 0.5) is 0 Å². The Morgan fingerprint density at radius 1 is 1.21 bits per heavy atom. The fourth-order valence-electron chi connectivity index (χ4n) is 3.53. The van der Waals surface area contributed by atoms with Crippen molar-refractivity contribution in [2.75, 3.05) is 33.2 Å². The molecule has 2 aromatic rings. The molecule has 0 aliphatic carbocycles. The van der Waals surface area contributed by atoms with Gasteiger partial charge in [0.15, 0.2) is 5.96 Å². The molecule has 0 radical (unpaired) electrons. The number of benzene rings is 1. The average molecular weight is 420 g/mol. The molecular weight excluding hydrogens is 390 g/mol. The third-order valence-corrected chi connectivity index (χ3v) is 6.03. The molecule has 1 saturated heterocycles. The molecule has 0 bridgehead atoms. The minimum Gasteiger partial charge on any atom is -0.468 e. The maximum Gasteiger partial charge on any atom is 0.238 e. The van der Waals surface area contributed by atoms with Crippen molar-refractivity contribution < 1.29 is 12.8 Å². The Hall–Kier alpha value is -2.36. The van der Waals surface area contributed by atoms with Gasteiger partial charge in [-0.05, 0) is 62.2 Å². The Labute approximate surface area is 172 Å². The van der Waals surface area contributed by atoms with Gasteiger partial charge in [0.25, 0.3) is 0 Å². The van der Waals surface area contributed by atoms with Gasteiger partial charge in [-0.3, -0.25) is 9.89 Å². The number of primary sulfonamides is 1. The summed E-state index contributed by atoms with van der Waals surface area (Å²) in [6.45, 7) is 3.53. The number of hydrogen-bond acceptors (Lipinski definition) is 5. The summed E-state index contributed by atoms with van der Waals surface area (Å²) in [4.78, 5) is 6.85. The van der Waals surface area contributed by atoms with E-state index >= 15 is 0 Å². The number of sulfonamides is 1. The van der Waals surface area contributed by atoms with E-state index in [1.807, 2.05) is 12.1 Å². The van der Waals surface area contributed by atoms with Gasteiger partial charge in [0.1, 0.15) is 5.76 Å². The minimum absolute atomic E-state index is 0.123. The molecule has 1 aromatic carbocycles. The first-order valence-corrected chi connectivity index (χ1v) is 11.4. The predicted molar refractivity (Wildman–Crippen MR) is 113 cm³/mol. The van der Waals surface area contributed by atoms with Gasteiger partial charge in [-0.15, -0.1) is 0 Å². The second-order valence-corrected chi connectivity index (χ2v) is 8.65. The summed E-state index contributed by atoms with van der Waals surface area (Å²) in [6.07, 6.45) is 4.88. The molecule has 1 unspecified atom stereocenters. The summed E-state index contributed by atoms with van der Waals surface area (Å²) in [6, 6.07) is 10.7. The molecular formula is C20H29N5O3S. The van der Waals surface area contributed by atoms with Crippen LogP contribution in [0.2, 0.25) is 0 Å². The van der Waals surface area contributed by atoms with E-state index in [0.29, 0.717) is 13.1 Å². The number of guanidine groups is 1. The van der Waals surface area contributed by atoms with E-state index in [-0.39, 0.29) is 10.9 Å². The Kier molecular flexibility index (Phi) is 7.29. The molecule has 0 spiro atoms. The van der Waals surface area contributed by atoms with Crippen molar-refractivity contribution in [1.29, 1.82) is 0 Å². The van der Waals surface area contributed by atoms with E-state index in [1.165, 1.54) is 25.0 Å². The first-order valence-electron chi connectivity index (χ1n) is 9.81. The van der Waals surface area contributed by atoms with Gasteiger partial charge < -0.3 is 15.1 Å². The van der Waals surface area contributed by atoms with E-state index in [1.54, 1.807) is 25.4 Å². The standard InChI is InChI=1S/C20H29N5O3S/c1-22-20(23-11-10-16-6-8-17(9-7-16)29(21,26)27)24-15-18(19-5-4-14-28-19)25-12-2-3-13-25/h4-9,14,18H,2-3,10-13,15H2,1H3,(H2,21,26,27)(H2,22,23,24). The number of nitrogens with two attached hydrogens (primary N) is 1. The Morgan fingerprint density at radius 2 is 1.93 bits per heavy atom. The highest BCUT2D eigenvalue weighted by Gasteiger charge is 2.25. The lowest BCUT2D eigenvalue weighted by Gasteiger charge is -2.26. The van der Waals surface area contributed by atoms with Gasteiger partial charge in [-0.2, -0.15) is 0 Å². The normalized spacial score (nSPS) is 16.7. The molecule has 0 saturated carbocycles. The number of hydrogen-bond donors (Lipinski definition) is 3. The van der Waals surface area contributed by atoms with Crippen molar-refractivity contribution in [2.45, 2.75) is 30.2 Å². The maximum absolute atomic E-state index is 11.3. The Morgan fingerprint density at radius 3 is 2.52 bits per heavy atom. The Balaban J connectivity index is 1.50. The number of aliphatic imine (C=N–C) groups is 1. The first-order chi connectivity index (χ1) is 14.0. The molecule has 1 aromatic heterocycles. The third kappa shape index (κ3) is 6.06. The van der Waals surface area contributed by atoms with Gasteiger partial charge in [0.2, 0.25) is 10.0 Å². The van der Waals surface area contributed by atoms with E-state index in [2.05, 4.69) is 20.5 Å². The van der Waals surface area contributed by atoms with Gasteiger partial charge in [-0.25, -0.2) is 13.6 Å². The number of furan rings is 1. The van der Waals surface area contributed by atoms with Crippen molar-refractivity contribution in [3.63, 3.8) is 0 Å². The molecule has 1 fully saturated rings. The maximum atomic E-state index is 11.3. The summed E-state index contributed by atoms with van der Waals surface area (Å²) in [7, 11) is -1.91. The fourth-order valence-corrected chi connectivity index (χ4v) is 4.04. The molecule has 4 N–H and O–H groups in total. The van der Waals surface area contributed by atoms with Crippen molar-refractivity contribution in [1.82, 2.24) is 15.5 Å². The van der Waals surface area contributed by atoms with Crippen molar-refractivity contribution in [3.05, 3.63) is 54.0 Å². The lowest BCUT2D eigenvalue weighted by atomic mass is 10.1. The second-order valence-electron chi connectivity index (χ2n) is 7.09. The lowest BCUT2D eigenvalue weighted by molar-refractivity contribution is 0.215. The zero-order valence-corrected chi connectivity index (χ0v) is 17.5. The molecule has 1 atom stereocenters. The fraction of sp³-hybridized carbons (Fsp3) is 0.450. The third-order valence-electron chi connectivity index (χ3n) is 5.10. The molecule has 3 rings (SSSR count). The number of likely N-dealkylation sites (tertiary alicyclic amines) is 1. The number of nitrogens with one attached hydrogen (secondary N) is 2. The summed E-state index contributed by atoms with van der Waals surface area (Å²) in [5, 5.41) is 11.8. The first kappa shape index (κ1) is 21.4. The van der Waals surface area contributed by atoms with Crippen LogP contribution in [0.25, 0.3) is 0 Å². The minimum atomic E-state index is -3.66. The van der Waals surface area contributed by atoms with E-state index in [9.17, 15) is 8.42 Å². The van der Waals surface area contributed by atoms with Gasteiger partial charge in [-0.1, -0.05) is 12.1 Å². The van der Waals surface area contributed by atoms with Crippen LogP contribution in [0.15, 0.2) is 57.0 Å². The lowest BCUT2D eigenvalue weighted by Crippen LogP contribution is -2.43. The van der Waals surface area contributed by atoms with Crippen LogP contribution in [-0.4, -0.2) is 52.5 Å². The SMILES string of the molecule is CN=C(NCCc1ccc(S(N)(=O)=O)cc1)NCC(c1ccco1)N1CCCC1. The number of rotatable bonds is 8. The van der Waals surface area contributed by atoms with Crippen molar-refractivity contribution >= 4 is 16.0 Å². The molecule has 9 heteroatoms. The highest BCUT2D eigenvalue weighted by atomic mass is 32.2. The predicted octanol–water partition coefficient (Wildman–Crippen LogP) is 1.47. The van der Waals surface area contributed by atoms with Gasteiger partial charge >= 0.3 is 0 Å². The number of nitrogens with zero attached hydrogens (tertiary/aromatic N) is 2. The smallest absolute Gasteiger partial charge is 0.238 e. The summed E-state index contributed by atoms with van der Waals surface area (Å²) >= 11 is 0. The highest BCUT2D eigenvalue weighted by Crippen LogP contribution is 2.24. The van der Waals surface area contributed by atoms with Crippen LogP contribution in [0.1, 0.15) is 30.2 Å².